The standard InChI is InChI=1S/C18H22N2O4/c1-4-20-12(2)10-15(21)17(16(20)18(22)24-13(3)19)23-11-14-8-6-5-7-9-14/h5-10,13H,4,11,19H2,1-3H3. The van der Waals surface area contributed by atoms with Crippen molar-refractivity contribution in [2.75, 3.05) is 0 Å². The molecular formula is C18H22N2O4. The number of carbonyl (C=O) groups excluding carboxylic acids is 1. The number of aromatic nitrogens is 1. The van der Waals surface area contributed by atoms with Crippen molar-refractivity contribution < 1.29 is 14.3 Å². The van der Waals surface area contributed by atoms with E-state index in [2.05, 4.69) is 0 Å². The number of hydrogen-bond donors (Lipinski definition) is 1. The molecule has 0 aliphatic heterocycles. The summed E-state index contributed by atoms with van der Waals surface area (Å²) in [5.41, 5.74) is 6.83. The Labute approximate surface area is 140 Å². The molecule has 6 heteroatoms. The van der Waals surface area contributed by atoms with Crippen LogP contribution < -0.4 is 15.9 Å². The molecule has 1 heterocycles. The van der Waals surface area contributed by atoms with E-state index in [-0.39, 0.29) is 23.5 Å². The Morgan fingerprint density at radius 3 is 2.54 bits per heavy atom. The zero-order valence-electron chi connectivity index (χ0n) is 14.1. The largest absolute Gasteiger partial charge is 0.482 e. The predicted molar refractivity (Wildman–Crippen MR) is 91.0 cm³/mol. The number of carbonyl (C=O) groups is 1. The molecule has 0 aliphatic carbocycles. The molecule has 1 unspecified atom stereocenters. The normalized spacial score (nSPS) is 11.8. The van der Waals surface area contributed by atoms with Gasteiger partial charge in [0.15, 0.2) is 11.4 Å². The number of esters is 1. The zero-order valence-corrected chi connectivity index (χ0v) is 14.1. The maximum absolute atomic E-state index is 12.4. The lowest BCUT2D eigenvalue weighted by molar-refractivity contribution is 0.0335. The summed E-state index contributed by atoms with van der Waals surface area (Å²) in [6.45, 7) is 5.86. The summed E-state index contributed by atoms with van der Waals surface area (Å²) < 4.78 is 12.4. The number of rotatable bonds is 6. The van der Waals surface area contributed by atoms with E-state index in [0.717, 1.165) is 5.56 Å². The van der Waals surface area contributed by atoms with Crippen LogP contribution in [0.5, 0.6) is 5.75 Å². The summed E-state index contributed by atoms with van der Waals surface area (Å²) in [6.07, 6.45) is -0.777. The molecule has 0 aliphatic rings. The molecule has 0 fully saturated rings. The Morgan fingerprint density at radius 1 is 1.29 bits per heavy atom. The number of pyridine rings is 1. The molecule has 0 spiro atoms. The SMILES string of the molecule is CCn1c(C)cc(=O)c(OCc2ccccc2)c1C(=O)OC(C)N. The van der Waals surface area contributed by atoms with Crippen LogP contribution in [0.25, 0.3) is 0 Å². The molecule has 2 aromatic rings. The quantitative estimate of drug-likeness (QED) is 0.648. The first-order valence-corrected chi connectivity index (χ1v) is 7.81. The monoisotopic (exact) mass is 330 g/mol. The van der Waals surface area contributed by atoms with Gasteiger partial charge >= 0.3 is 5.97 Å². The fraction of sp³-hybridized carbons (Fsp3) is 0.333. The number of ether oxygens (including phenoxy) is 2. The van der Waals surface area contributed by atoms with Gasteiger partial charge in [0.2, 0.25) is 5.43 Å². The van der Waals surface area contributed by atoms with Gasteiger partial charge in [0.05, 0.1) is 0 Å². The topological polar surface area (TPSA) is 83.5 Å². The van der Waals surface area contributed by atoms with Crippen molar-refractivity contribution in [2.45, 2.75) is 40.2 Å². The fourth-order valence-electron chi connectivity index (χ4n) is 2.45. The molecule has 24 heavy (non-hydrogen) atoms. The van der Waals surface area contributed by atoms with Gasteiger partial charge < -0.3 is 14.0 Å². The molecule has 6 nitrogen and oxygen atoms in total. The Morgan fingerprint density at radius 2 is 1.96 bits per heavy atom. The van der Waals surface area contributed by atoms with Crippen LogP contribution in [0, 0.1) is 6.92 Å². The Balaban J connectivity index is 2.44. The Hall–Kier alpha value is -2.60. The third-order valence-corrected chi connectivity index (χ3v) is 3.50. The first-order chi connectivity index (χ1) is 11.4. The van der Waals surface area contributed by atoms with Crippen molar-refractivity contribution in [2.24, 2.45) is 5.73 Å². The maximum atomic E-state index is 12.4. The fourth-order valence-corrected chi connectivity index (χ4v) is 2.45. The average molecular weight is 330 g/mol. The van der Waals surface area contributed by atoms with Crippen LogP contribution in [-0.2, 0) is 17.9 Å². The highest BCUT2D eigenvalue weighted by Gasteiger charge is 2.23. The van der Waals surface area contributed by atoms with Crippen molar-refractivity contribution >= 4 is 5.97 Å². The molecule has 128 valence electrons. The minimum absolute atomic E-state index is 0.0167. The summed E-state index contributed by atoms with van der Waals surface area (Å²) in [7, 11) is 0. The Bertz CT molecular complexity index is 767. The summed E-state index contributed by atoms with van der Waals surface area (Å²) in [5, 5.41) is 0. The smallest absolute Gasteiger partial charge is 0.360 e. The van der Waals surface area contributed by atoms with Gasteiger partial charge in [-0.3, -0.25) is 10.5 Å². The third-order valence-electron chi connectivity index (χ3n) is 3.50. The predicted octanol–water partition coefficient (Wildman–Crippen LogP) is 2.22. The highest BCUT2D eigenvalue weighted by atomic mass is 16.6. The number of benzene rings is 1. The summed E-state index contributed by atoms with van der Waals surface area (Å²) >= 11 is 0. The van der Waals surface area contributed by atoms with Crippen LogP contribution in [0.4, 0.5) is 0 Å². The maximum Gasteiger partial charge on any atom is 0.360 e. The lowest BCUT2D eigenvalue weighted by Gasteiger charge is -2.19. The van der Waals surface area contributed by atoms with Crippen LogP contribution in [0.2, 0.25) is 0 Å². The lowest BCUT2D eigenvalue weighted by atomic mass is 10.2. The molecule has 0 bridgehead atoms. The molecule has 2 N–H and O–H groups in total. The van der Waals surface area contributed by atoms with Crippen LogP contribution in [0.1, 0.15) is 35.6 Å². The van der Waals surface area contributed by atoms with Gasteiger partial charge in [-0.25, -0.2) is 4.79 Å². The summed E-state index contributed by atoms with van der Waals surface area (Å²) in [5.74, 6) is -0.687. The van der Waals surface area contributed by atoms with Gasteiger partial charge in [-0.15, -0.1) is 0 Å². The first kappa shape index (κ1) is 17.7. The van der Waals surface area contributed by atoms with Gasteiger partial charge in [-0.1, -0.05) is 30.3 Å². The van der Waals surface area contributed by atoms with Crippen LogP contribution in [0.15, 0.2) is 41.2 Å². The second kappa shape index (κ2) is 7.79. The van der Waals surface area contributed by atoms with Crippen molar-refractivity contribution in [3.05, 3.63) is 63.6 Å². The van der Waals surface area contributed by atoms with E-state index in [9.17, 15) is 9.59 Å². The van der Waals surface area contributed by atoms with Crippen molar-refractivity contribution in [3.8, 4) is 5.75 Å². The molecule has 1 aromatic carbocycles. The number of aryl methyl sites for hydroxylation is 1. The van der Waals surface area contributed by atoms with Crippen LogP contribution in [0.3, 0.4) is 0 Å². The van der Waals surface area contributed by atoms with E-state index in [1.54, 1.807) is 18.4 Å². The van der Waals surface area contributed by atoms with Gasteiger partial charge in [0, 0.05) is 18.3 Å². The second-order valence-electron chi connectivity index (χ2n) is 5.46. The van der Waals surface area contributed by atoms with Gasteiger partial charge in [0.25, 0.3) is 0 Å². The highest BCUT2D eigenvalue weighted by Crippen LogP contribution is 2.19. The molecule has 1 atom stereocenters. The average Bonchev–Trinajstić information content (AvgIpc) is 2.53. The summed E-state index contributed by atoms with van der Waals surface area (Å²) in [6, 6.07) is 10.9. The zero-order chi connectivity index (χ0) is 17.7. The van der Waals surface area contributed by atoms with E-state index < -0.39 is 12.2 Å². The van der Waals surface area contributed by atoms with Gasteiger partial charge in [-0.2, -0.15) is 0 Å². The summed E-state index contributed by atoms with van der Waals surface area (Å²) in [4.78, 5) is 24.8. The second-order valence-corrected chi connectivity index (χ2v) is 5.46. The number of hydrogen-bond acceptors (Lipinski definition) is 5. The minimum atomic E-state index is -0.777. The molecule has 0 amide bonds. The van der Waals surface area contributed by atoms with Gasteiger partial charge in [-0.05, 0) is 26.3 Å². The van der Waals surface area contributed by atoms with E-state index in [0.29, 0.717) is 12.2 Å². The molecule has 0 saturated carbocycles. The molecule has 1 aromatic heterocycles. The van der Waals surface area contributed by atoms with Crippen LogP contribution >= 0.6 is 0 Å². The van der Waals surface area contributed by atoms with E-state index in [1.165, 1.54) is 6.07 Å². The van der Waals surface area contributed by atoms with Crippen LogP contribution in [-0.4, -0.2) is 16.8 Å². The van der Waals surface area contributed by atoms with Crippen molar-refractivity contribution in [3.63, 3.8) is 0 Å². The Kier molecular flexibility index (Phi) is 5.76. The molecule has 0 radical (unpaired) electrons. The number of nitrogens with zero attached hydrogens (tertiary/aromatic N) is 1. The van der Waals surface area contributed by atoms with Crippen molar-refractivity contribution in [1.82, 2.24) is 4.57 Å². The van der Waals surface area contributed by atoms with E-state index in [1.807, 2.05) is 37.3 Å². The molecular weight excluding hydrogens is 308 g/mol. The lowest BCUT2D eigenvalue weighted by Crippen LogP contribution is -2.28. The van der Waals surface area contributed by atoms with E-state index >= 15 is 0 Å². The highest BCUT2D eigenvalue weighted by molar-refractivity contribution is 5.90. The molecule has 2 rings (SSSR count). The van der Waals surface area contributed by atoms with Gasteiger partial charge in [0.1, 0.15) is 12.8 Å². The number of nitrogens with two attached hydrogens (primary N) is 1. The van der Waals surface area contributed by atoms with E-state index in [4.69, 9.17) is 15.2 Å². The minimum Gasteiger partial charge on any atom is -0.482 e. The van der Waals surface area contributed by atoms with Crippen molar-refractivity contribution in [1.29, 1.82) is 0 Å². The first-order valence-electron chi connectivity index (χ1n) is 7.81. The molecule has 0 saturated heterocycles. The third kappa shape index (κ3) is 4.02.